The van der Waals surface area contributed by atoms with E-state index in [2.05, 4.69) is 56.9 Å². The molecule has 0 N–H and O–H groups in total. The average Bonchev–Trinajstić information content (AvgIpc) is 2.40. The summed E-state index contributed by atoms with van der Waals surface area (Å²) in [4.78, 5) is 5.37. The van der Waals surface area contributed by atoms with Gasteiger partial charge in [0.25, 0.3) is 0 Å². The molecule has 2 nitrogen and oxygen atoms in total. The molecule has 2 aliphatic rings. The van der Waals surface area contributed by atoms with Gasteiger partial charge in [-0.05, 0) is 44.0 Å². The van der Waals surface area contributed by atoms with Crippen LogP contribution in [0.25, 0.3) is 0 Å². The van der Waals surface area contributed by atoms with Crippen molar-refractivity contribution in [1.29, 1.82) is 0 Å². The zero-order chi connectivity index (χ0) is 13.2. The molecule has 2 atom stereocenters. The third kappa shape index (κ3) is 3.21. The molecule has 1 aromatic rings. The Labute approximate surface area is 124 Å². The predicted molar refractivity (Wildman–Crippen MR) is 83.2 cm³/mol. The summed E-state index contributed by atoms with van der Waals surface area (Å²) in [5.74, 6) is 0. The Morgan fingerprint density at radius 3 is 3.00 bits per heavy atom. The zero-order valence-electron chi connectivity index (χ0n) is 11.7. The van der Waals surface area contributed by atoms with E-state index in [1.807, 2.05) is 0 Å². The first kappa shape index (κ1) is 13.6. The number of fused-ring (bicyclic) bond motifs is 1. The maximum absolute atomic E-state index is 3.57. The van der Waals surface area contributed by atoms with Gasteiger partial charge in [0.15, 0.2) is 0 Å². The summed E-state index contributed by atoms with van der Waals surface area (Å²) in [5.41, 5.74) is 1.42. The Bertz CT molecular complexity index is 435. The minimum Gasteiger partial charge on any atom is -0.298 e. The number of hydrogen-bond donors (Lipinski definition) is 0. The highest BCUT2D eigenvalue weighted by Crippen LogP contribution is 2.25. The van der Waals surface area contributed by atoms with Crippen molar-refractivity contribution >= 4 is 15.9 Å². The van der Waals surface area contributed by atoms with Gasteiger partial charge in [0.2, 0.25) is 0 Å². The van der Waals surface area contributed by atoms with Crippen LogP contribution in [0.4, 0.5) is 0 Å². The summed E-state index contributed by atoms with van der Waals surface area (Å²) in [6.45, 7) is 7.28. The maximum Gasteiger partial charge on any atom is 0.0238 e. The molecular weight excluding hydrogens is 300 g/mol. The molecule has 0 amide bonds. The van der Waals surface area contributed by atoms with Gasteiger partial charge in [-0.2, -0.15) is 0 Å². The number of benzene rings is 1. The Morgan fingerprint density at radius 1 is 1.26 bits per heavy atom. The molecule has 2 fully saturated rings. The lowest BCUT2D eigenvalue weighted by atomic mass is 9.97. The second-order valence-corrected chi connectivity index (χ2v) is 6.97. The van der Waals surface area contributed by atoms with Crippen LogP contribution in [0.1, 0.15) is 31.7 Å². The third-order valence-electron chi connectivity index (χ3n) is 4.59. The van der Waals surface area contributed by atoms with E-state index in [9.17, 15) is 0 Å². The predicted octanol–water partition coefficient (Wildman–Crippen LogP) is 3.51. The quantitative estimate of drug-likeness (QED) is 0.822. The largest absolute Gasteiger partial charge is 0.298 e. The van der Waals surface area contributed by atoms with E-state index in [0.717, 1.165) is 12.6 Å². The van der Waals surface area contributed by atoms with Crippen molar-refractivity contribution in [1.82, 2.24) is 9.80 Å². The van der Waals surface area contributed by atoms with Crippen LogP contribution in [0, 0.1) is 0 Å². The van der Waals surface area contributed by atoms with Crippen LogP contribution in [0.5, 0.6) is 0 Å². The molecule has 0 saturated carbocycles. The highest BCUT2D eigenvalue weighted by Gasteiger charge is 2.32. The van der Waals surface area contributed by atoms with Gasteiger partial charge in [-0.25, -0.2) is 0 Å². The first-order valence-electron chi connectivity index (χ1n) is 7.45. The van der Waals surface area contributed by atoms with Crippen LogP contribution in [0.3, 0.4) is 0 Å². The molecule has 3 rings (SSSR count). The van der Waals surface area contributed by atoms with Crippen molar-refractivity contribution in [3.63, 3.8) is 0 Å². The van der Waals surface area contributed by atoms with Crippen molar-refractivity contribution in [2.24, 2.45) is 0 Å². The lowest BCUT2D eigenvalue weighted by Crippen LogP contribution is -2.58. The summed E-state index contributed by atoms with van der Waals surface area (Å²) in [7, 11) is 0. The zero-order valence-corrected chi connectivity index (χ0v) is 13.3. The molecule has 1 aromatic carbocycles. The molecule has 3 heteroatoms. The molecule has 104 valence electrons. The van der Waals surface area contributed by atoms with Crippen LogP contribution in [0.2, 0.25) is 0 Å². The van der Waals surface area contributed by atoms with E-state index in [1.54, 1.807) is 0 Å². The molecule has 2 saturated heterocycles. The van der Waals surface area contributed by atoms with Gasteiger partial charge in [0.1, 0.15) is 0 Å². The van der Waals surface area contributed by atoms with Gasteiger partial charge < -0.3 is 0 Å². The fraction of sp³-hybridized carbons (Fsp3) is 0.625. The smallest absolute Gasteiger partial charge is 0.0238 e. The number of rotatable bonds is 2. The van der Waals surface area contributed by atoms with Gasteiger partial charge in [0.05, 0.1) is 0 Å². The normalized spacial score (nSPS) is 29.2. The third-order valence-corrected chi connectivity index (χ3v) is 5.08. The van der Waals surface area contributed by atoms with Crippen molar-refractivity contribution in [2.45, 2.75) is 44.8 Å². The monoisotopic (exact) mass is 322 g/mol. The van der Waals surface area contributed by atoms with Gasteiger partial charge >= 0.3 is 0 Å². The summed E-state index contributed by atoms with van der Waals surface area (Å²) < 4.78 is 1.19. The van der Waals surface area contributed by atoms with Crippen LogP contribution in [-0.4, -0.2) is 41.5 Å². The lowest BCUT2D eigenvalue weighted by molar-refractivity contribution is 0.0111. The minimum atomic E-state index is 0.674. The van der Waals surface area contributed by atoms with Gasteiger partial charge in [-0.1, -0.05) is 34.5 Å². The molecular formula is C16H23BrN2. The van der Waals surface area contributed by atoms with Crippen LogP contribution >= 0.6 is 15.9 Å². The van der Waals surface area contributed by atoms with Crippen molar-refractivity contribution in [3.05, 3.63) is 34.3 Å². The maximum atomic E-state index is 3.57. The van der Waals surface area contributed by atoms with E-state index in [-0.39, 0.29) is 0 Å². The van der Waals surface area contributed by atoms with Gasteiger partial charge in [-0.15, -0.1) is 0 Å². The van der Waals surface area contributed by atoms with Crippen molar-refractivity contribution in [3.8, 4) is 0 Å². The molecule has 19 heavy (non-hydrogen) atoms. The van der Waals surface area contributed by atoms with Crippen LogP contribution < -0.4 is 0 Å². The number of hydrogen-bond acceptors (Lipinski definition) is 2. The lowest BCUT2D eigenvalue weighted by Gasteiger charge is -2.47. The van der Waals surface area contributed by atoms with Crippen molar-refractivity contribution in [2.75, 3.05) is 19.6 Å². The second-order valence-electron chi connectivity index (χ2n) is 6.05. The van der Waals surface area contributed by atoms with E-state index < -0.39 is 0 Å². The van der Waals surface area contributed by atoms with E-state index in [4.69, 9.17) is 0 Å². The number of nitrogens with zero attached hydrogens (tertiary/aromatic N) is 2. The van der Waals surface area contributed by atoms with Crippen LogP contribution in [-0.2, 0) is 6.54 Å². The first-order chi connectivity index (χ1) is 9.22. The molecule has 0 bridgehead atoms. The Balaban J connectivity index is 1.67. The van der Waals surface area contributed by atoms with Crippen LogP contribution in [0.15, 0.2) is 28.7 Å². The molecule has 0 aromatic heterocycles. The summed E-state index contributed by atoms with van der Waals surface area (Å²) >= 11 is 3.57. The summed E-state index contributed by atoms with van der Waals surface area (Å²) in [6.07, 6.45) is 4.21. The Morgan fingerprint density at radius 2 is 2.16 bits per heavy atom. The fourth-order valence-corrected chi connectivity index (χ4v) is 3.95. The first-order valence-corrected chi connectivity index (χ1v) is 8.24. The topological polar surface area (TPSA) is 6.48 Å². The van der Waals surface area contributed by atoms with E-state index in [1.165, 1.54) is 48.9 Å². The number of piperazine rings is 1. The van der Waals surface area contributed by atoms with Crippen molar-refractivity contribution < 1.29 is 0 Å². The Hall–Kier alpha value is -0.380. The molecule has 0 aliphatic carbocycles. The van der Waals surface area contributed by atoms with E-state index in [0.29, 0.717) is 6.04 Å². The standard InChI is InChI=1S/C16H23BrN2/c1-13-10-18-8-3-2-7-16(18)12-19(13)11-14-5-4-6-15(17)9-14/h4-6,9,13,16H,2-3,7-8,10-12H2,1H3/t13-,16-/m0/s1. The van der Waals surface area contributed by atoms with Gasteiger partial charge in [-0.3, -0.25) is 9.80 Å². The number of piperidine rings is 1. The average molecular weight is 323 g/mol. The molecule has 2 heterocycles. The Kier molecular flexibility index (Phi) is 4.25. The minimum absolute atomic E-state index is 0.674. The van der Waals surface area contributed by atoms with Gasteiger partial charge in [0, 0.05) is 36.2 Å². The molecule has 0 spiro atoms. The summed E-state index contributed by atoms with van der Waals surface area (Å²) in [6, 6.07) is 10.2. The summed E-state index contributed by atoms with van der Waals surface area (Å²) in [5, 5.41) is 0. The molecule has 2 aliphatic heterocycles. The molecule has 0 radical (unpaired) electrons. The molecule has 0 unspecified atom stereocenters. The number of halogens is 1. The highest BCUT2D eigenvalue weighted by molar-refractivity contribution is 9.10. The highest BCUT2D eigenvalue weighted by atomic mass is 79.9. The fourth-order valence-electron chi connectivity index (χ4n) is 3.50. The SMILES string of the molecule is C[C@H]1CN2CCCC[C@H]2CN1Cc1cccc(Br)c1. The van der Waals surface area contributed by atoms with E-state index >= 15 is 0 Å². The second kappa shape index (κ2) is 5.94.